The molecule has 3 nitrogen and oxygen atoms in total. The number of nitrogens with one attached hydrogen (secondary N) is 2. The number of halogens is 2. The summed E-state index contributed by atoms with van der Waals surface area (Å²) in [6.07, 6.45) is 1.07. The molecule has 0 aliphatic carbocycles. The van der Waals surface area contributed by atoms with Gasteiger partial charge in [0.2, 0.25) is 0 Å². The van der Waals surface area contributed by atoms with Crippen molar-refractivity contribution < 1.29 is 9.18 Å². The molecule has 0 aromatic heterocycles. The Hall–Kier alpha value is -1.13. The van der Waals surface area contributed by atoms with E-state index in [1.54, 1.807) is 0 Å². The van der Waals surface area contributed by atoms with E-state index in [1.165, 1.54) is 12.1 Å². The Morgan fingerprint density at radius 1 is 1.59 bits per heavy atom. The van der Waals surface area contributed by atoms with Crippen LogP contribution in [0.1, 0.15) is 16.8 Å². The summed E-state index contributed by atoms with van der Waals surface area (Å²) < 4.78 is 12.8. The van der Waals surface area contributed by atoms with Crippen LogP contribution in [0.3, 0.4) is 0 Å². The summed E-state index contributed by atoms with van der Waals surface area (Å²) in [6, 6.07) is 3.78. The van der Waals surface area contributed by atoms with Crippen LogP contribution >= 0.6 is 11.6 Å². The van der Waals surface area contributed by atoms with Gasteiger partial charge in [-0.3, -0.25) is 4.79 Å². The summed E-state index contributed by atoms with van der Waals surface area (Å²) in [5.74, 6) is -0.216. The van der Waals surface area contributed by atoms with Gasteiger partial charge in [-0.2, -0.15) is 0 Å². The number of carbonyl (C=O) groups excluding carboxylic acids is 1. The standard InChI is InChI=1S/C12H14ClFN2O/c13-11-5-9(14)1-2-10(11)12(17)16-7-8-3-4-15-6-8/h1-2,5,8,15H,3-4,6-7H2,(H,16,17). The molecule has 1 fully saturated rings. The molecule has 92 valence electrons. The fourth-order valence-corrected chi connectivity index (χ4v) is 2.15. The van der Waals surface area contributed by atoms with Crippen LogP contribution in [0.5, 0.6) is 0 Å². The molecule has 1 aliphatic heterocycles. The summed E-state index contributed by atoms with van der Waals surface area (Å²) in [5.41, 5.74) is 0.319. The van der Waals surface area contributed by atoms with Crippen LogP contribution in [0.15, 0.2) is 18.2 Å². The van der Waals surface area contributed by atoms with Gasteiger partial charge < -0.3 is 10.6 Å². The number of hydrogen-bond donors (Lipinski definition) is 2. The number of rotatable bonds is 3. The Labute approximate surface area is 104 Å². The van der Waals surface area contributed by atoms with Crippen LogP contribution < -0.4 is 10.6 Å². The average molecular weight is 257 g/mol. The average Bonchev–Trinajstić information content (AvgIpc) is 2.78. The lowest BCUT2D eigenvalue weighted by Crippen LogP contribution is -2.30. The van der Waals surface area contributed by atoms with Gasteiger partial charge in [0.1, 0.15) is 5.82 Å². The van der Waals surface area contributed by atoms with E-state index in [0.717, 1.165) is 25.6 Å². The molecule has 0 bridgehead atoms. The van der Waals surface area contributed by atoms with Gasteiger partial charge in [-0.15, -0.1) is 0 Å². The zero-order valence-electron chi connectivity index (χ0n) is 9.30. The fourth-order valence-electron chi connectivity index (χ4n) is 1.89. The van der Waals surface area contributed by atoms with Crippen molar-refractivity contribution in [2.24, 2.45) is 5.92 Å². The van der Waals surface area contributed by atoms with E-state index in [-0.39, 0.29) is 10.9 Å². The molecule has 1 saturated heterocycles. The highest BCUT2D eigenvalue weighted by molar-refractivity contribution is 6.33. The minimum Gasteiger partial charge on any atom is -0.352 e. The van der Waals surface area contributed by atoms with Gasteiger partial charge in [-0.25, -0.2) is 4.39 Å². The van der Waals surface area contributed by atoms with Crippen LogP contribution in [0, 0.1) is 11.7 Å². The maximum atomic E-state index is 12.8. The maximum absolute atomic E-state index is 12.8. The van der Waals surface area contributed by atoms with Gasteiger partial charge in [0.25, 0.3) is 5.91 Å². The molecule has 1 atom stereocenters. The normalized spacial score (nSPS) is 19.3. The first-order valence-corrected chi connectivity index (χ1v) is 5.98. The zero-order valence-corrected chi connectivity index (χ0v) is 10.1. The maximum Gasteiger partial charge on any atom is 0.252 e. The molecular formula is C12H14ClFN2O. The number of carbonyl (C=O) groups is 1. The minimum absolute atomic E-state index is 0.145. The van der Waals surface area contributed by atoms with Crippen molar-refractivity contribution in [2.75, 3.05) is 19.6 Å². The van der Waals surface area contributed by atoms with Crippen molar-refractivity contribution in [3.8, 4) is 0 Å². The zero-order chi connectivity index (χ0) is 12.3. The Morgan fingerprint density at radius 3 is 3.06 bits per heavy atom. The van der Waals surface area contributed by atoms with Crippen LogP contribution in [-0.2, 0) is 0 Å². The second-order valence-electron chi connectivity index (χ2n) is 4.19. The third-order valence-corrected chi connectivity index (χ3v) is 3.20. The van der Waals surface area contributed by atoms with E-state index in [4.69, 9.17) is 11.6 Å². The molecule has 1 aromatic rings. The van der Waals surface area contributed by atoms with Crippen molar-refractivity contribution in [3.05, 3.63) is 34.6 Å². The molecule has 0 spiro atoms. The Morgan fingerprint density at radius 2 is 2.41 bits per heavy atom. The van der Waals surface area contributed by atoms with Crippen molar-refractivity contribution in [2.45, 2.75) is 6.42 Å². The molecule has 1 unspecified atom stereocenters. The highest BCUT2D eigenvalue weighted by atomic mass is 35.5. The van der Waals surface area contributed by atoms with Crippen LogP contribution in [-0.4, -0.2) is 25.5 Å². The Bertz CT molecular complexity index is 419. The van der Waals surface area contributed by atoms with E-state index < -0.39 is 5.82 Å². The largest absolute Gasteiger partial charge is 0.352 e. The molecule has 1 aromatic carbocycles. The molecule has 17 heavy (non-hydrogen) atoms. The molecule has 0 radical (unpaired) electrons. The van der Waals surface area contributed by atoms with Crippen LogP contribution in [0.4, 0.5) is 4.39 Å². The van der Waals surface area contributed by atoms with Gasteiger partial charge >= 0.3 is 0 Å². The summed E-state index contributed by atoms with van der Waals surface area (Å²) in [6.45, 7) is 2.55. The SMILES string of the molecule is O=C(NCC1CCNC1)c1ccc(F)cc1Cl. The molecule has 2 N–H and O–H groups in total. The highest BCUT2D eigenvalue weighted by Gasteiger charge is 2.16. The lowest BCUT2D eigenvalue weighted by Gasteiger charge is -2.10. The summed E-state index contributed by atoms with van der Waals surface area (Å²) in [5, 5.41) is 6.19. The van der Waals surface area contributed by atoms with Gasteiger partial charge in [0.05, 0.1) is 10.6 Å². The number of hydrogen-bond acceptors (Lipinski definition) is 2. The van der Waals surface area contributed by atoms with Crippen molar-refractivity contribution >= 4 is 17.5 Å². The van der Waals surface area contributed by atoms with Gasteiger partial charge in [-0.1, -0.05) is 11.6 Å². The minimum atomic E-state index is -0.438. The smallest absolute Gasteiger partial charge is 0.252 e. The monoisotopic (exact) mass is 256 g/mol. The van der Waals surface area contributed by atoms with E-state index in [2.05, 4.69) is 10.6 Å². The van der Waals surface area contributed by atoms with Gasteiger partial charge in [0, 0.05) is 6.54 Å². The predicted molar refractivity (Wildman–Crippen MR) is 64.7 cm³/mol. The lowest BCUT2D eigenvalue weighted by atomic mass is 10.1. The molecule has 1 heterocycles. The number of amides is 1. The van der Waals surface area contributed by atoms with E-state index in [0.29, 0.717) is 18.0 Å². The molecule has 1 aliphatic rings. The first-order chi connectivity index (χ1) is 8.16. The first kappa shape index (κ1) is 12.3. The topological polar surface area (TPSA) is 41.1 Å². The molecule has 1 amide bonds. The quantitative estimate of drug-likeness (QED) is 0.866. The molecule has 2 rings (SSSR count). The lowest BCUT2D eigenvalue weighted by molar-refractivity contribution is 0.0948. The third-order valence-electron chi connectivity index (χ3n) is 2.89. The van der Waals surface area contributed by atoms with Crippen molar-refractivity contribution in [1.82, 2.24) is 10.6 Å². The Kier molecular flexibility index (Phi) is 3.97. The van der Waals surface area contributed by atoms with Crippen LogP contribution in [0.2, 0.25) is 5.02 Å². The number of benzene rings is 1. The van der Waals surface area contributed by atoms with Crippen LogP contribution in [0.25, 0.3) is 0 Å². The second kappa shape index (κ2) is 5.47. The second-order valence-corrected chi connectivity index (χ2v) is 4.60. The highest BCUT2D eigenvalue weighted by Crippen LogP contribution is 2.17. The van der Waals surface area contributed by atoms with Gasteiger partial charge in [0.15, 0.2) is 0 Å². The summed E-state index contributed by atoms with van der Waals surface area (Å²) in [4.78, 5) is 11.8. The Balaban J connectivity index is 1.94. The van der Waals surface area contributed by atoms with Crippen molar-refractivity contribution in [1.29, 1.82) is 0 Å². The van der Waals surface area contributed by atoms with Gasteiger partial charge in [-0.05, 0) is 43.6 Å². The van der Waals surface area contributed by atoms with E-state index in [9.17, 15) is 9.18 Å². The van der Waals surface area contributed by atoms with Crippen molar-refractivity contribution in [3.63, 3.8) is 0 Å². The molecule has 5 heteroatoms. The molecular weight excluding hydrogens is 243 g/mol. The first-order valence-electron chi connectivity index (χ1n) is 5.61. The molecule has 0 saturated carbocycles. The summed E-state index contributed by atoms with van der Waals surface area (Å²) in [7, 11) is 0. The third kappa shape index (κ3) is 3.17. The summed E-state index contributed by atoms with van der Waals surface area (Å²) >= 11 is 5.81. The van der Waals surface area contributed by atoms with E-state index in [1.807, 2.05) is 0 Å². The fraction of sp³-hybridized carbons (Fsp3) is 0.417. The predicted octanol–water partition coefficient (Wildman–Crippen LogP) is 1.82. The van der Waals surface area contributed by atoms with E-state index >= 15 is 0 Å².